The Hall–Kier alpha value is -1.51. The monoisotopic (exact) mass is 244 g/mol. The van der Waals surface area contributed by atoms with Gasteiger partial charge in [0, 0.05) is 18.0 Å². The topological polar surface area (TPSA) is 41.1 Å². The number of carbonyl (C=O) groups is 1. The van der Waals surface area contributed by atoms with Gasteiger partial charge >= 0.3 is 6.03 Å². The van der Waals surface area contributed by atoms with Gasteiger partial charge < -0.3 is 10.6 Å². The van der Waals surface area contributed by atoms with Gasteiger partial charge in [-0.3, -0.25) is 0 Å². The number of hydrogen-bond acceptors (Lipinski definition) is 1. The minimum atomic E-state index is 0.0188. The molecule has 1 aromatic rings. The third-order valence-electron chi connectivity index (χ3n) is 4.03. The predicted molar refractivity (Wildman–Crippen MR) is 71.5 cm³/mol. The van der Waals surface area contributed by atoms with E-state index in [1.54, 1.807) is 0 Å². The van der Waals surface area contributed by atoms with Crippen LogP contribution in [0.2, 0.25) is 0 Å². The molecule has 2 aliphatic carbocycles. The highest BCUT2D eigenvalue weighted by Gasteiger charge is 2.39. The third-order valence-corrected chi connectivity index (χ3v) is 4.03. The summed E-state index contributed by atoms with van der Waals surface area (Å²) in [5.41, 5.74) is 1.34. The van der Waals surface area contributed by atoms with Crippen LogP contribution in [0.15, 0.2) is 30.3 Å². The molecule has 2 saturated carbocycles. The molecular formula is C15H20N2O. The largest absolute Gasteiger partial charge is 0.335 e. The summed E-state index contributed by atoms with van der Waals surface area (Å²) in [6.07, 6.45) is 5.85. The summed E-state index contributed by atoms with van der Waals surface area (Å²) >= 11 is 0. The standard InChI is InChI=1S/C15H20N2O/c18-15(16-12-8-4-5-9-12)17-14-10-13(14)11-6-2-1-3-7-11/h1-3,6-7,12-14H,4-5,8-10H2,(H2,16,17,18)/t13-,14+/m0/s1. The van der Waals surface area contributed by atoms with Gasteiger partial charge in [0.25, 0.3) is 0 Å². The van der Waals surface area contributed by atoms with Gasteiger partial charge in [0.15, 0.2) is 0 Å². The Labute approximate surface area is 108 Å². The van der Waals surface area contributed by atoms with Crippen molar-refractivity contribution in [3.8, 4) is 0 Å². The van der Waals surface area contributed by atoms with Gasteiger partial charge in [0.1, 0.15) is 0 Å². The van der Waals surface area contributed by atoms with Crippen LogP contribution in [-0.4, -0.2) is 18.1 Å². The number of amides is 2. The molecule has 2 atom stereocenters. The average molecular weight is 244 g/mol. The maximum absolute atomic E-state index is 11.8. The second kappa shape index (κ2) is 5.01. The molecule has 0 spiro atoms. The van der Waals surface area contributed by atoms with Crippen molar-refractivity contribution in [2.24, 2.45) is 0 Å². The molecule has 2 amide bonds. The summed E-state index contributed by atoms with van der Waals surface area (Å²) in [6.45, 7) is 0. The molecule has 0 radical (unpaired) electrons. The van der Waals surface area contributed by atoms with Gasteiger partial charge in [0.05, 0.1) is 0 Å². The minimum Gasteiger partial charge on any atom is -0.335 e. The molecule has 0 heterocycles. The Morgan fingerprint density at radius 1 is 1.06 bits per heavy atom. The van der Waals surface area contributed by atoms with Crippen molar-refractivity contribution in [1.29, 1.82) is 0 Å². The van der Waals surface area contributed by atoms with Gasteiger partial charge in [-0.1, -0.05) is 43.2 Å². The number of nitrogens with one attached hydrogen (secondary N) is 2. The molecular weight excluding hydrogens is 224 g/mol. The van der Waals surface area contributed by atoms with Crippen LogP contribution in [0, 0.1) is 0 Å². The Kier molecular flexibility index (Phi) is 3.22. The molecule has 1 aromatic carbocycles. The molecule has 0 bridgehead atoms. The van der Waals surface area contributed by atoms with Gasteiger partial charge in [-0.25, -0.2) is 4.79 Å². The Morgan fingerprint density at radius 2 is 1.78 bits per heavy atom. The van der Waals surface area contributed by atoms with E-state index in [1.165, 1.54) is 18.4 Å². The minimum absolute atomic E-state index is 0.0188. The summed E-state index contributed by atoms with van der Waals surface area (Å²) in [5, 5.41) is 6.15. The molecule has 2 N–H and O–H groups in total. The molecule has 2 aliphatic rings. The number of rotatable bonds is 3. The summed E-state index contributed by atoms with van der Waals surface area (Å²) in [4.78, 5) is 11.8. The maximum atomic E-state index is 11.8. The zero-order chi connectivity index (χ0) is 12.4. The fourth-order valence-electron chi connectivity index (χ4n) is 2.89. The maximum Gasteiger partial charge on any atom is 0.315 e. The molecule has 3 rings (SSSR count). The van der Waals surface area contributed by atoms with Crippen molar-refractivity contribution in [2.75, 3.05) is 0 Å². The van der Waals surface area contributed by atoms with Gasteiger partial charge in [-0.15, -0.1) is 0 Å². The van der Waals surface area contributed by atoms with Crippen molar-refractivity contribution in [3.05, 3.63) is 35.9 Å². The normalized spacial score (nSPS) is 26.9. The van der Waals surface area contributed by atoms with Crippen molar-refractivity contribution in [2.45, 2.75) is 50.1 Å². The molecule has 2 fully saturated rings. The summed E-state index contributed by atoms with van der Waals surface area (Å²) in [7, 11) is 0. The smallest absolute Gasteiger partial charge is 0.315 e. The van der Waals surface area contributed by atoms with Crippen molar-refractivity contribution < 1.29 is 4.79 Å². The van der Waals surface area contributed by atoms with Crippen LogP contribution < -0.4 is 10.6 Å². The van der Waals surface area contributed by atoms with Crippen molar-refractivity contribution in [1.82, 2.24) is 10.6 Å². The number of carbonyl (C=O) groups excluding carboxylic acids is 1. The van der Waals surface area contributed by atoms with E-state index in [2.05, 4.69) is 34.9 Å². The summed E-state index contributed by atoms with van der Waals surface area (Å²) < 4.78 is 0. The van der Waals surface area contributed by atoms with Crippen LogP contribution in [0.5, 0.6) is 0 Å². The van der Waals surface area contributed by atoms with E-state index in [4.69, 9.17) is 0 Å². The highest BCUT2D eigenvalue weighted by molar-refractivity contribution is 5.75. The quantitative estimate of drug-likeness (QED) is 0.843. The second-order valence-electron chi connectivity index (χ2n) is 5.46. The molecule has 0 unspecified atom stereocenters. The molecule has 0 saturated heterocycles. The number of urea groups is 1. The third kappa shape index (κ3) is 2.66. The number of benzene rings is 1. The van der Waals surface area contributed by atoms with Crippen LogP contribution in [0.4, 0.5) is 4.79 Å². The first-order valence-corrected chi connectivity index (χ1v) is 6.95. The van der Waals surface area contributed by atoms with E-state index in [9.17, 15) is 4.79 Å². The van der Waals surface area contributed by atoms with E-state index in [-0.39, 0.29) is 6.03 Å². The molecule has 96 valence electrons. The highest BCUT2D eigenvalue weighted by Crippen LogP contribution is 2.40. The fourth-order valence-corrected chi connectivity index (χ4v) is 2.89. The van der Waals surface area contributed by atoms with E-state index in [0.29, 0.717) is 18.0 Å². The molecule has 0 aliphatic heterocycles. The summed E-state index contributed by atoms with van der Waals surface area (Å²) in [6, 6.07) is 11.2. The lowest BCUT2D eigenvalue weighted by Crippen LogP contribution is -2.42. The Morgan fingerprint density at radius 3 is 2.50 bits per heavy atom. The van der Waals surface area contributed by atoms with Crippen LogP contribution in [0.3, 0.4) is 0 Å². The predicted octanol–water partition coefficient (Wildman–Crippen LogP) is 2.78. The van der Waals surface area contributed by atoms with Crippen LogP contribution in [0.25, 0.3) is 0 Å². The Bertz CT molecular complexity index is 412. The molecule has 18 heavy (non-hydrogen) atoms. The van der Waals surface area contributed by atoms with E-state index in [1.807, 2.05) is 6.07 Å². The van der Waals surface area contributed by atoms with E-state index < -0.39 is 0 Å². The lowest BCUT2D eigenvalue weighted by atomic mass is 10.1. The first-order valence-electron chi connectivity index (χ1n) is 6.95. The van der Waals surface area contributed by atoms with E-state index in [0.717, 1.165) is 19.3 Å². The first-order chi connectivity index (χ1) is 8.83. The SMILES string of the molecule is O=C(NC1CCCC1)N[C@@H]1C[C@H]1c1ccccc1. The average Bonchev–Trinajstić information content (AvgIpc) is 2.95. The summed E-state index contributed by atoms with van der Waals surface area (Å²) in [5.74, 6) is 0.514. The molecule has 0 aromatic heterocycles. The lowest BCUT2D eigenvalue weighted by molar-refractivity contribution is 0.236. The van der Waals surface area contributed by atoms with E-state index >= 15 is 0 Å². The zero-order valence-electron chi connectivity index (χ0n) is 10.6. The van der Waals surface area contributed by atoms with Gasteiger partial charge in [-0.2, -0.15) is 0 Å². The number of hydrogen-bond donors (Lipinski definition) is 2. The zero-order valence-corrected chi connectivity index (χ0v) is 10.6. The Balaban J connectivity index is 1.46. The first kappa shape index (κ1) is 11.6. The van der Waals surface area contributed by atoms with Crippen molar-refractivity contribution >= 4 is 6.03 Å². The van der Waals surface area contributed by atoms with Crippen LogP contribution in [0.1, 0.15) is 43.6 Å². The fraction of sp³-hybridized carbons (Fsp3) is 0.533. The van der Waals surface area contributed by atoms with Gasteiger partial charge in [-0.05, 0) is 24.8 Å². The van der Waals surface area contributed by atoms with Crippen molar-refractivity contribution in [3.63, 3.8) is 0 Å². The lowest BCUT2D eigenvalue weighted by Gasteiger charge is -2.12. The molecule has 3 heteroatoms. The van der Waals surface area contributed by atoms with Crippen LogP contribution >= 0.6 is 0 Å². The highest BCUT2D eigenvalue weighted by atomic mass is 16.2. The second-order valence-corrected chi connectivity index (χ2v) is 5.46. The van der Waals surface area contributed by atoms with Gasteiger partial charge in [0.2, 0.25) is 0 Å². The molecule has 3 nitrogen and oxygen atoms in total. The van der Waals surface area contributed by atoms with Crippen LogP contribution in [-0.2, 0) is 0 Å².